The third-order valence-electron chi connectivity index (χ3n) is 2.36. The van der Waals surface area contributed by atoms with E-state index in [0.717, 1.165) is 19.3 Å². The molecule has 1 heteroatoms. The predicted molar refractivity (Wildman–Crippen MR) is 41.7 cm³/mol. The lowest BCUT2D eigenvalue weighted by atomic mass is 9.92. The summed E-state index contributed by atoms with van der Waals surface area (Å²) in [4.78, 5) is 11.1. The zero-order chi connectivity index (χ0) is 7.56. The molecule has 1 fully saturated rings. The number of rotatable bonds is 2. The van der Waals surface area contributed by atoms with Crippen molar-refractivity contribution in [3.8, 4) is 0 Å². The smallest absolute Gasteiger partial charge is 0.136 e. The van der Waals surface area contributed by atoms with Crippen LogP contribution in [0.25, 0.3) is 0 Å². The zero-order valence-electron chi connectivity index (χ0n) is 6.47. The van der Waals surface area contributed by atoms with Crippen molar-refractivity contribution >= 4 is 5.78 Å². The van der Waals surface area contributed by atoms with Gasteiger partial charge in [-0.2, -0.15) is 0 Å². The van der Waals surface area contributed by atoms with Crippen LogP contribution in [0.2, 0.25) is 0 Å². The normalized spacial score (nSPS) is 28.5. The Bertz CT molecular complexity index is 149. The summed E-state index contributed by atoms with van der Waals surface area (Å²) in [5, 5.41) is 0. The largest absolute Gasteiger partial charge is 0.299 e. The van der Waals surface area contributed by atoms with Crippen LogP contribution < -0.4 is 0 Å². The van der Waals surface area contributed by atoms with Gasteiger partial charge in [0.05, 0.1) is 0 Å². The lowest BCUT2D eigenvalue weighted by Crippen LogP contribution is -2.13. The summed E-state index contributed by atoms with van der Waals surface area (Å²) in [6.07, 6.45) is 4.84. The second-order valence-corrected chi connectivity index (χ2v) is 3.06. The van der Waals surface area contributed by atoms with Crippen molar-refractivity contribution in [1.82, 2.24) is 0 Å². The molecule has 0 heterocycles. The highest BCUT2D eigenvalue weighted by Gasteiger charge is 2.27. The van der Waals surface area contributed by atoms with Crippen molar-refractivity contribution in [1.29, 1.82) is 0 Å². The first kappa shape index (κ1) is 7.52. The van der Waals surface area contributed by atoms with Crippen LogP contribution in [-0.4, -0.2) is 5.78 Å². The van der Waals surface area contributed by atoms with Crippen LogP contribution in [0.5, 0.6) is 0 Å². The second kappa shape index (κ2) is 3.00. The summed E-state index contributed by atoms with van der Waals surface area (Å²) < 4.78 is 0. The van der Waals surface area contributed by atoms with Gasteiger partial charge in [-0.15, -0.1) is 6.58 Å². The second-order valence-electron chi connectivity index (χ2n) is 3.06. The third-order valence-corrected chi connectivity index (χ3v) is 2.36. The van der Waals surface area contributed by atoms with Crippen LogP contribution in [0, 0.1) is 11.8 Å². The first-order chi connectivity index (χ1) is 4.75. The molecule has 1 aliphatic carbocycles. The number of ketones is 1. The minimum absolute atomic E-state index is 0.289. The van der Waals surface area contributed by atoms with E-state index < -0.39 is 0 Å². The molecule has 0 unspecified atom stereocenters. The SMILES string of the molecule is C=C[C@@H](C)[C@H]1CCCC1=O. The molecule has 0 bridgehead atoms. The average molecular weight is 138 g/mol. The maximum atomic E-state index is 11.1. The summed E-state index contributed by atoms with van der Waals surface area (Å²) in [7, 11) is 0. The fourth-order valence-electron chi connectivity index (χ4n) is 1.56. The summed E-state index contributed by atoms with van der Waals surface area (Å²) in [6, 6.07) is 0. The molecule has 1 aliphatic rings. The monoisotopic (exact) mass is 138 g/mol. The van der Waals surface area contributed by atoms with Gasteiger partial charge in [0.1, 0.15) is 5.78 Å². The zero-order valence-corrected chi connectivity index (χ0v) is 6.47. The molecule has 1 nitrogen and oxygen atoms in total. The first-order valence-corrected chi connectivity index (χ1v) is 3.91. The Hall–Kier alpha value is -0.590. The number of hydrogen-bond acceptors (Lipinski definition) is 1. The van der Waals surface area contributed by atoms with E-state index in [0.29, 0.717) is 11.7 Å². The predicted octanol–water partition coefficient (Wildman–Crippen LogP) is 2.18. The molecule has 1 rings (SSSR count). The van der Waals surface area contributed by atoms with Gasteiger partial charge < -0.3 is 0 Å². The third kappa shape index (κ3) is 1.28. The van der Waals surface area contributed by atoms with Crippen molar-refractivity contribution in [3.05, 3.63) is 12.7 Å². The van der Waals surface area contributed by atoms with Crippen molar-refractivity contribution < 1.29 is 4.79 Å². The Morgan fingerprint density at radius 2 is 2.50 bits per heavy atom. The molecule has 2 atom stereocenters. The quantitative estimate of drug-likeness (QED) is 0.534. The molecule has 0 N–H and O–H groups in total. The molecule has 1 saturated carbocycles. The number of carbonyl (C=O) groups excluding carboxylic acids is 1. The summed E-state index contributed by atoms with van der Waals surface area (Å²) in [5.74, 6) is 1.11. The fraction of sp³-hybridized carbons (Fsp3) is 0.667. The van der Waals surface area contributed by atoms with E-state index in [1.54, 1.807) is 0 Å². The van der Waals surface area contributed by atoms with Crippen molar-refractivity contribution in [2.24, 2.45) is 11.8 Å². The molecule has 0 aromatic carbocycles. The van der Waals surface area contributed by atoms with Gasteiger partial charge in [0.25, 0.3) is 0 Å². The number of hydrogen-bond donors (Lipinski definition) is 0. The molecule has 0 saturated heterocycles. The number of carbonyl (C=O) groups is 1. The van der Waals surface area contributed by atoms with Gasteiger partial charge in [-0.1, -0.05) is 13.0 Å². The highest BCUT2D eigenvalue weighted by molar-refractivity contribution is 5.83. The maximum absolute atomic E-state index is 11.1. The first-order valence-electron chi connectivity index (χ1n) is 3.91. The van der Waals surface area contributed by atoms with Gasteiger partial charge in [0.15, 0.2) is 0 Å². The van der Waals surface area contributed by atoms with Crippen molar-refractivity contribution in [2.75, 3.05) is 0 Å². The molecule has 0 amide bonds. The number of Topliss-reactive ketones (excluding diaryl/α,β-unsaturated/α-hetero) is 1. The van der Waals surface area contributed by atoms with Gasteiger partial charge >= 0.3 is 0 Å². The minimum Gasteiger partial charge on any atom is -0.299 e. The molecule has 56 valence electrons. The van der Waals surface area contributed by atoms with Gasteiger partial charge in [0, 0.05) is 12.3 Å². The molecule has 0 aromatic heterocycles. The van der Waals surface area contributed by atoms with Gasteiger partial charge in [-0.3, -0.25) is 4.79 Å². The van der Waals surface area contributed by atoms with Crippen LogP contribution in [0.3, 0.4) is 0 Å². The highest BCUT2D eigenvalue weighted by Crippen LogP contribution is 2.28. The Labute approximate surface area is 62.1 Å². The molecule has 10 heavy (non-hydrogen) atoms. The van der Waals surface area contributed by atoms with E-state index in [9.17, 15) is 4.79 Å². The molecule has 0 spiro atoms. The average Bonchev–Trinajstić information content (AvgIpc) is 2.34. The lowest BCUT2D eigenvalue weighted by Gasteiger charge is -2.11. The van der Waals surface area contributed by atoms with E-state index in [1.807, 2.05) is 6.08 Å². The van der Waals surface area contributed by atoms with Crippen LogP contribution in [0.4, 0.5) is 0 Å². The summed E-state index contributed by atoms with van der Waals surface area (Å²) in [5.41, 5.74) is 0. The Balaban J connectivity index is 2.54. The van der Waals surface area contributed by atoms with Crippen LogP contribution >= 0.6 is 0 Å². The van der Waals surface area contributed by atoms with E-state index in [1.165, 1.54) is 0 Å². The Morgan fingerprint density at radius 1 is 1.80 bits per heavy atom. The van der Waals surface area contributed by atoms with E-state index >= 15 is 0 Å². The molecular formula is C9H14O. The maximum Gasteiger partial charge on any atom is 0.136 e. The van der Waals surface area contributed by atoms with Crippen LogP contribution in [-0.2, 0) is 4.79 Å². The van der Waals surface area contributed by atoms with E-state index in [-0.39, 0.29) is 5.92 Å². The topological polar surface area (TPSA) is 17.1 Å². The molecule has 0 radical (unpaired) electrons. The van der Waals surface area contributed by atoms with Gasteiger partial charge in [-0.25, -0.2) is 0 Å². The Morgan fingerprint density at radius 3 is 2.90 bits per heavy atom. The van der Waals surface area contributed by atoms with E-state index in [2.05, 4.69) is 13.5 Å². The molecular weight excluding hydrogens is 124 g/mol. The molecule has 0 aromatic rings. The standard InChI is InChI=1S/C9H14O/c1-3-7(2)8-5-4-6-9(8)10/h3,7-8H,1,4-6H2,2H3/t7-,8-/m1/s1. The fourth-order valence-corrected chi connectivity index (χ4v) is 1.56. The van der Waals surface area contributed by atoms with Crippen molar-refractivity contribution in [3.63, 3.8) is 0 Å². The van der Waals surface area contributed by atoms with Gasteiger partial charge in [0.2, 0.25) is 0 Å². The minimum atomic E-state index is 0.289. The molecule has 0 aliphatic heterocycles. The van der Waals surface area contributed by atoms with Crippen LogP contribution in [0.1, 0.15) is 26.2 Å². The summed E-state index contributed by atoms with van der Waals surface area (Å²) in [6.45, 7) is 5.76. The van der Waals surface area contributed by atoms with Crippen LogP contribution in [0.15, 0.2) is 12.7 Å². The van der Waals surface area contributed by atoms with Gasteiger partial charge in [-0.05, 0) is 18.8 Å². The highest BCUT2D eigenvalue weighted by atomic mass is 16.1. The van der Waals surface area contributed by atoms with E-state index in [4.69, 9.17) is 0 Å². The number of allylic oxidation sites excluding steroid dienone is 1. The lowest BCUT2D eigenvalue weighted by molar-refractivity contribution is -0.121. The van der Waals surface area contributed by atoms with Crippen molar-refractivity contribution in [2.45, 2.75) is 26.2 Å². The summed E-state index contributed by atoms with van der Waals surface area (Å²) >= 11 is 0. The Kier molecular flexibility index (Phi) is 2.25.